The maximum Gasteiger partial charge on any atom is 0.236 e. The summed E-state index contributed by atoms with van der Waals surface area (Å²) in [4.78, 5) is 22.3. The smallest absolute Gasteiger partial charge is 0.236 e. The van der Waals surface area contributed by atoms with Crippen molar-refractivity contribution in [2.75, 3.05) is 72.2 Å². The minimum Gasteiger partial charge on any atom is -0.454 e. The van der Waals surface area contributed by atoms with Gasteiger partial charge in [-0.2, -0.15) is 0 Å². The van der Waals surface area contributed by atoms with Crippen molar-refractivity contribution in [2.24, 2.45) is 0 Å². The number of ether oxygens (including phenoxy) is 2. The van der Waals surface area contributed by atoms with Crippen LogP contribution < -0.4 is 9.47 Å². The molecule has 0 radical (unpaired) electrons. The predicted octanol–water partition coefficient (Wildman–Crippen LogP) is 5.10. The lowest BCUT2D eigenvalue weighted by molar-refractivity contribution is -0.134. The highest BCUT2D eigenvalue weighted by Crippen LogP contribution is 2.32. The van der Waals surface area contributed by atoms with Crippen molar-refractivity contribution in [3.8, 4) is 11.5 Å². The molecule has 0 N–H and O–H groups in total. The van der Waals surface area contributed by atoms with Gasteiger partial charge in [0.05, 0.1) is 6.54 Å². The quantitative estimate of drug-likeness (QED) is 0.338. The van der Waals surface area contributed by atoms with Crippen LogP contribution in [0.15, 0.2) is 53.1 Å². The molecule has 0 aliphatic carbocycles. The summed E-state index contributed by atoms with van der Waals surface area (Å²) in [5, 5.41) is 0. The van der Waals surface area contributed by atoms with Crippen LogP contribution in [0.25, 0.3) is 0 Å². The molecule has 4 rings (SSSR count). The van der Waals surface area contributed by atoms with Crippen LogP contribution in [0.2, 0.25) is 0 Å². The Balaban J connectivity index is 1.08. The summed E-state index contributed by atoms with van der Waals surface area (Å²) in [6.07, 6.45) is 11.7. The standard InChI is InChI=1S/C33H50N4O3/c1-27(2)7-5-8-28(3)9-6-10-29(4)13-14-34-19-21-37(22-20-34)33(38)25-36-17-15-35(16-18-36)24-30-11-12-31-32(23-30)40-26-39-31/h7,9,11-13,23H,5-6,8,10,14-22,24-26H2,1-4H3. The van der Waals surface area contributed by atoms with Gasteiger partial charge in [-0.25, -0.2) is 0 Å². The van der Waals surface area contributed by atoms with Gasteiger partial charge < -0.3 is 14.4 Å². The summed E-state index contributed by atoms with van der Waals surface area (Å²) < 4.78 is 10.9. The first-order valence-corrected chi connectivity index (χ1v) is 15.1. The van der Waals surface area contributed by atoms with E-state index >= 15 is 0 Å². The van der Waals surface area contributed by atoms with E-state index in [-0.39, 0.29) is 5.91 Å². The third-order valence-electron chi connectivity index (χ3n) is 8.21. The fourth-order valence-corrected chi connectivity index (χ4v) is 5.50. The molecule has 0 atom stereocenters. The number of allylic oxidation sites excluding steroid dienone is 5. The lowest BCUT2D eigenvalue weighted by atomic mass is 10.1. The molecular weight excluding hydrogens is 500 g/mol. The molecule has 1 aromatic rings. The summed E-state index contributed by atoms with van der Waals surface area (Å²) in [6.45, 7) is 19.0. The number of nitrogens with zero attached hydrogens (tertiary/aromatic N) is 4. The van der Waals surface area contributed by atoms with Gasteiger partial charge in [0.25, 0.3) is 0 Å². The van der Waals surface area contributed by atoms with Crippen LogP contribution in [0.3, 0.4) is 0 Å². The normalized spacial score (nSPS) is 19.2. The van der Waals surface area contributed by atoms with Crippen LogP contribution in [-0.2, 0) is 11.3 Å². The Kier molecular flexibility index (Phi) is 11.7. The van der Waals surface area contributed by atoms with Gasteiger partial charge in [-0.05, 0) is 71.1 Å². The van der Waals surface area contributed by atoms with Crippen LogP contribution in [0.4, 0.5) is 0 Å². The van der Waals surface area contributed by atoms with Gasteiger partial charge in [-0.1, -0.05) is 41.0 Å². The van der Waals surface area contributed by atoms with Crippen LogP contribution in [-0.4, -0.2) is 97.7 Å². The minimum absolute atomic E-state index is 0.280. The van der Waals surface area contributed by atoms with Crippen molar-refractivity contribution >= 4 is 5.91 Å². The number of carbonyl (C=O) groups excluding carboxylic acids is 1. The van der Waals surface area contributed by atoms with E-state index in [4.69, 9.17) is 9.47 Å². The number of carbonyl (C=O) groups is 1. The number of piperazine rings is 2. The van der Waals surface area contributed by atoms with Crippen molar-refractivity contribution in [2.45, 2.75) is 59.9 Å². The summed E-state index contributed by atoms with van der Waals surface area (Å²) in [5.74, 6) is 1.96. The highest BCUT2D eigenvalue weighted by molar-refractivity contribution is 5.78. The number of benzene rings is 1. The molecule has 220 valence electrons. The largest absolute Gasteiger partial charge is 0.454 e. The number of rotatable bonds is 12. The van der Waals surface area contributed by atoms with Gasteiger partial charge in [-0.3, -0.25) is 19.5 Å². The molecule has 0 aromatic heterocycles. The number of hydrogen-bond donors (Lipinski definition) is 0. The molecule has 0 bridgehead atoms. The lowest BCUT2D eigenvalue weighted by Gasteiger charge is -2.38. The second-order valence-corrected chi connectivity index (χ2v) is 11.9. The molecule has 0 spiro atoms. The van der Waals surface area contributed by atoms with Gasteiger partial charge in [0.15, 0.2) is 11.5 Å². The van der Waals surface area contributed by atoms with Gasteiger partial charge in [0.1, 0.15) is 0 Å². The third-order valence-corrected chi connectivity index (χ3v) is 8.21. The van der Waals surface area contributed by atoms with E-state index < -0.39 is 0 Å². The summed E-state index contributed by atoms with van der Waals surface area (Å²) >= 11 is 0. The number of amides is 1. The number of fused-ring (bicyclic) bond motifs is 1. The van der Waals surface area contributed by atoms with E-state index in [0.29, 0.717) is 13.3 Å². The van der Waals surface area contributed by atoms with Crippen molar-refractivity contribution in [1.29, 1.82) is 0 Å². The SMILES string of the molecule is CC(C)=CCCC(C)=CCCC(C)=CCN1CCN(C(=O)CN2CCN(Cc3ccc4c(c3)OCO4)CC2)CC1. The molecule has 2 saturated heterocycles. The minimum atomic E-state index is 0.280. The summed E-state index contributed by atoms with van der Waals surface area (Å²) in [5.41, 5.74) is 5.61. The van der Waals surface area contributed by atoms with E-state index in [2.05, 4.69) is 77.7 Å². The zero-order valence-electron chi connectivity index (χ0n) is 25.3. The van der Waals surface area contributed by atoms with E-state index in [1.165, 1.54) is 22.3 Å². The van der Waals surface area contributed by atoms with Crippen molar-refractivity contribution in [1.82, 2.24) is 19.6 Å². The van der Waals surface area contributed by atoms with Crippen molar-refractivity contribution in [3.05, 3.63) is 58.7 Å². The number of hydrogen-bond acceptors (Lipinski definition) is 6. The average molecular weight is 551 g/mol. The van der Waals surface area contributed by atoms with Crippen LogP contribution in [0.1, 0.15) is 58.9 Å². The molecule has 0 saturated carbocycles. The van der Waals surface area contributed by atoms with Gasteiger partial charge in [0.2, 0.25) is 12.7 Å². The second kappa shape index (κ2) is 15.4. The van der Waals surface area contributed by atoms with Crippen LogP contribution in [0.5, 0.6) is 11.5 Å². The molecular formula is C33H50N4O3. The molecule has 7 nitrogen and oxygen atoms in total. The fourth-order valence-electron chi connectivity index (χ4n) is 5.50. The maximum absolute atomic E-state index is 13.0. The Morgan fingerprint density at radius 1 is 0.750 bits per heavy atom. The first-order valence-electron chi connectivity index (χ1n) is 15.1. The second-order valence-electron chi connectivity index (χ2n) is 11.9. The Morgan fingerprint density at radius 2 is 1.38 bits per heavy atom. The molecule has 3 heterocycles. The Hall–Kier alpha value is -2.61. The van der Waals surface area contributed by atoms with Crippen LogP contribution in [0, 0.1) is 0 Å². The zero-order valence-corrected chi connectivity index (χ0v) is 25.3. The van der Waals surface area contributed by atoms with E-state index in [1.54, 1.807) is 0 Å². The summed E-state index contributed by atoms with van der Waals surface area (Å²) in [6, 6.07) is 6.20. The topological polar surface area (TPSA) is 48.5 Å². The first-order chi connectivity index (χ1) is 19.4. The highest BCUT2D eigenvalue weighted by Gasteiger charge is 2.25. The molecule has 2 fully saturated rings. The molecule has 1 aromatic carbocycles. The van der Waals surface area contributed by atoms with Gasteiger partial charge in [0, 0.05) is 65.4 Å². The molecule has 3 aliphatic heterocycles. The Morgan fingerprint density at radius 3 is 2.10 bits per heavy atom. The van der Waals surface area contributed by atoms with Crippen molar-refractivity contribution in [3.63, 3.8) is 0 Å². The van der Waals surface area contributed by atoms with Gasteiger partial charge in [-0.15, -0.1) is 0 Å². The first kappa shape index (κ1) is 30.4. The van der Waals surface area contributed by atoms with Crippen molar-refractivity contribution < 1.29 is 14.3 Å². The van der Waals surface area contributed by atoms with E-state index in [1.807, 2.05) is 6.07 Å². The molecule has 3 aliphatic rings. The monoisotopic (exact) mass is 550 g/mol. The third kappa shape index (κ3) is 9.79. The van der Waals surface area contributed by atoms with Gasteiger partial charge >= 0.3 is 0 Å². The van der Waals surface area contributed by atoms with E-state index in [0.717, 1.165) is 103 Å². The average Bonchev–Trinajstić information content (AvgIpc) is 3.41. The lowest BCUT2D eigenvalue weighted by Crippen LogP contribution is -2.53. The fraction of sp³-hybridized carbons (Fsp3) is 0.606. The molecule has 0 unspecified atom stereocenters. The van der Waals surface area contributed by atoms with Crippen LogP contribution >= 0.6 is 0 Å². The zero-order chi connectivity index (χ0) is 28.3. The predicted molar refractivity (Wildman–Crippen MR) is 163 cm³/mol. The molecule has 40 heavy (non-hydrogen) atoms. The molecule has 7 heteroatoms. The Bertz CT molecular complexity index is 1060. The summed E-state index contributed by atoms with van der Waals surface area (Å²) in [7, 11) is 0. The maximum atomic E-state index is 13.0. The molecule has 1 amide bonds. The van der Waals surface area contributed by atoms with E-state index in [9.17, 15) is 4.79 Å². The Labute approximate surface area is 242 Å². The highest BCUT2D eigenvalue weighted by atomic mass is 16.7.